The van der Waals surface area contributed by atoms with E-state index in [2.05, 4.69) is 4.90 Å². The molecule has 3 saturated heterocycles. The van der Waals surface area contributed by atoms with E-state index in [4.69, 9.17) is 9.47 Å². The molecular weight excluding hydrogens is 382 g/mol. The summed E-state index contributed by atoms with van der Waals surface area (Å²) in [5.74, 6) is 0.940. The summed E-state index contributed by atoms with van der Waals surface area (Å²) in [6.45, 7) is 7.50. The van der Waals surface area contributed by atoms with Crippen molar-refractivity contribution in [2.75, 3.05) is 52.5 Å². The lowest BCUT2D eigenvalue weighted by Crippen LogP contribution is -2.58. The molecule has 2 amide bonds. The molecule has 3 aliphatic rings. The highest BCUT2D eigenvalue weighted by Crippen LogP contribution is 2.37. The standard InChI is InChI=1S/C23H33N3O4/c1-19(27)24-12-14-25(15-13-24)20-7-16-30-23(17-20)8-10-26(11-9-23)22(28)18-29-21-5-3-2-4-6-21/h2-6,20H,7-18H2,1H3/t20-/m1/s1. The number of rotatable bonds is 4. The van der Waals surface area contributed by atoms with E-state index in [1.807, 2.05) is 40.1 Å². The van der Waals surface area contributed by atoms with Crippen molar-refractivity contribution in [1.82, 2.24) is 14.7 Å². The van der Waals surface area contributed by atoms with Crippen LogP contribution >= 0.6 is 0 Å². The number of nitrogens with zero attached hydrogens (tertiary/aromatic N) is 3. The van der Waals surface area contributed by atoms with Crippen LogP contribution in [0.3, 0.4) is 0 Å². The highest BCUT2D eigenvalue weighted by atomic mass is 16.5. The van der Waals surface area contributed by atoms with Gasteiger partial charge in [0.25, 0.3) is 5.91 Å². The van der Waals surface area contributed by atoms with Crippen molar-refractivity contribution in [1.29, 1.82) is 0 Å². The molecule has 3 heterocycles. The summed E-state index contributed by atoms with van der Waals surface area (Å²) in [6.07, 6.45) is 3.84. The minimum Gasteiger partial charge on any atom is -0.484 e. The van der Waals surface area contributed by atoms with Gasteiger partial charge in [0.05, 0.1) is 5.60 Å². The van der Waals surface area contributed by atoms with Gasteiger partial charge in [-0.2, -0.15) is 0 Å². The molecule has 0 radical (unpaired) electrons. The molecule has 4 rings (SSSR count). The number of ether oxygens (including phenoxy) is 2. The van der Waals surface area contributed by atoms with Crippen molar-refractivity contribution in [3.05, 3.63) is 30.3 Å². The number of carbonyl (C=O) groups is 2. The fraction of sp³-hybridized carbons (Fsp3) is 0.652. The highest BCUT2D eigenvalue weighted by molar-refractivity contribution is 5.77. The van der Waals surface area contributed by atoms with Gasteiger partial charge in [0.15, 0.2) is 6.61 Å². The van der Waals surface area contributed by atoms with E-state index in [-0.39, 0.29) is 24.0 Å². The lowest BCUT2D eigenvalue weighted by molar-refractivity contribution is -0.152. The van der Waals surface area contributed by atoms with Crippen molar-refractivity contribution in [2.24, 2.45) is 0 Å². The fourth-order valence-electron chi connectivity index (χ4n) is 4.98. The Labute approximate surface area is 178 Å². The zero-order valence-corrected chi connectivity index (χ0v) is 17.9. The zero-order chi connectivity index (χ0) is 21.0. The van der Waals surface area contributed by atoms with Crippen LogP contribution in [0.15, 0.2) is 30.3 Å². The minimum absolute atomic E-state index is 0.0430. The van der Waals surface area contributed by atoms with E-state index in [0.29, 0.717) is 6.04 Å². The maximum absolute atomic E-state index is 12.6. The van der Waals surface area contributed by atoms with Crippen molar-refractivity contribution in [3.8, 4) is 5.75 Å². The Morgan fingerprint density at radius 2 is 1.73 bits per heavy atom. The van der Waals surface area contributed by atoms with Crippen LogP contribution in [-0.2, 0) is 14.3 Å². The number of likely N-dealkylation sites (tertiary alicyclic amines) is 1. The zero-order valence-electron chi connectivity index (χ0n) is 17.9. The second-order valence-corrected chi connectivity index (χ2v) is 8.70. The second-order valence-electron chi connectivity index (χ2n) is 8.70. The van der Waals surface area contributed by atoms with Gasteiger partial charge in [-0.15, -0.1) is 0 Å². The van der Waals surface area contributed by atoms with Gasteiger partial charge in [-0.1, -0.05) is 18.2 Å². The Morgan fingerprint density at radius 3 is 2.40 bits per heavy atom. The summed E-state index contributed by atoms with van der Waals surface area (Å²) in [6, 6.07) is 9.98. The molecule has 1 spiro atoms. The molecule has 7 nitrogen and oxygen atoms in total. The average Bonchev–Trinajstić information content (AvgIpc) is 2.79. The van der Waals surface area contributed by atoms with E-state index < -0.39 is 0 Å². The van der Waals surface area contributed by atoms with Crippen LogP contribution < -0.4 is 4.74 Å². The molecule has 1 aromatic carbocycles. The van der Waals surface area contributed by atoms with Gasteiger partial charge < -0.3 is 19.3 Å². The molecule has 0 N–H and O–H groups in total. The van der Waals surface area contributed by atoms with Gasteiger partial charge in [0.2, 0.25) is 5.91 Å². The summed E-state index contributed by atoms with van der Waals surface area (Å²) >= 11 is 0. The van der Waals surface area contributed by atoms with Crippen molar-refractivity contribution in [3.63, 3.8) is 0 Å². The summed E-state index contributed by atoms with van der Waals surface area (Å²) in [5, 5.41) is 0. The summed E-state index contributed by atoms with van der Waals surface area (Å²) < 4.78 is 11.9. The average molecular weight is 416 g/mol. The van der Waals surface area contributed by atoms with E-state index in [0.717, 1.165) is 77.3 Å². The van der Waals surface area contributed by atoms with Crippen LogP contribution in [0.5, 0.6) is 5.75 Å². The maximum Gasteiger partial charge on any atom is 0.260 e. The van der Waals surface area contributed by atoms with Crippen molar-refractivity contribution < 1.29 is 19.1 Å². The normalized spacial score (nSPS) is 24.6. The topological polar surface area (TPSA) is 62.3 Å². The summed E-state index contributed by atoms with van der Waals surface area (Å²) in [5.41, 5.74) is -0.113. The van der Waals surface area contributed by atoms with E-state index >= 15 is 0 Å². The fourth-order valence-corrected chi connectivity index (χ4v) is 4.98. The number of benzene rings is 1. The van der Waals surface area contributed by atoms with E-state index in [9.17, 15) is 9.59 Å². The smallest absolute Gasteiger partial charge is 0.260 e. The molecule has 0 aliphatic carbocycles. The number of piperazine rings is 1. The minimum atomic E-state index is -0.113. The molecule has 30 heavy (non-hydrogen) atoms. The molecular formula is C23H33N3O4. The van der Waals surface area contributed by atoms with Gasteiger partial charge in [0, 0.05) is 58.8 Å². The molecule has 3 fully saturated rings. The monoisotopic (exact) mass is 415 g/mol. The highest BCUT2D eigenvalue weighted by Gasteiger charge is 2.43. The largest absolute Gasteiger partial charge is 0.484 e. The third-order valence-corrected chi connectivity index (χ3v) is 6.88. The first-order chi connectivity index (χ1) is 14.5. The summed E-state index contributed by atoms with van der Waals surface area (Å²) in [7, 11) is 0. The Bertz CT molecular complexity index is 725. The third kappa shape index (κ3) is 4.95. The molecule has 0 unspecified atom stereocenters. The van der Waals surface area contributed by atoms with Crippen LogP contribution in [0.4, 0.5) is 0 Å². The molecule has 1 atom stereocenters. The van der Waals surface area contributed by atoms with Gasteiger partial charge in [-0.25, -0.2) is 0 Å². The Morgan fingerprint density at radius 1 is 1.03 bits per heavy atom. The van der Waals surface area contributed by atoms with Gasteiger partial charge >= 0.3 is 0 Å². The number of hydrogen-bond donors (Lipinski definition) is 0. The number of piperidine rings is 1. The lowest BCUT2D eigenvalue weighted by Gasteiger charge is -2.49. The van der Waals surface area contributed by atoms with Crippen LogP contribution in [0.25, 0.3) is 0 Å². The van der Waals surface area contributed by atoms with Gasteiger partial charge in [-0.3, -0.25) is 14.5 Å². The number of hydrogen-bond acceptors (Lipinski definition) is 5. The molecule has 164 valence electrons. The molecule has 1 aromatic rings. The molecule has 0 bridgehead atoms. The summed E-state index contributed by atoms with van der Waals surface area (Å²) in [4.78, 5) is 30.5. The Hall–Kier alpha value is -2.12. The molecule has 7 heteroatoms. The predicted octanol–water partition coefficient (Wildman–Crippen LogP) is 1.77. The molecule has 3 aliphatic heterocycles. The maximum atomic E-state index is 12.6. The van der Waals surface area contributed by atoms with Crippen LogP contribution in [0, 0.1) is 0 Å². The lowest BCUT2D eigenvalue weighted by atomic mass is 9.81. The predicted molar refractivity (Wildman–Crippen MR) is 113 cm³/mol. The Balaban J connectivity index is 1.25. The van der Waals surface area contributed by atoms with E-state index in [1.165, 1.54) is 0 Å². The number of carbonyl (C=O) groups excluding carboxylic acids is 2. The second kappa shape index (κ2) is 9.35. The van der Waals surface area contributed by atoms with Gasteiger partial charge in [-0.05, 0) is 37.8 Å². The Kier molecular flexibility index (Phi) is 6.58. The molecule has 0 aromatic heterocycles. The van der Waals surface area contributed by atoms with Gasteiger partial charge in [0.1, 0.15) is 5.75 Å². The number of amides is 2. The first kappa shape index (κ1) is 21.1. The van der Waals surface area contributed by atoms with Crippen LogP contribution in [0.2, 0.25) is 0 Å². The number of para-hydroxylation sites is 1. The van der Waals surface area contributed by atoms with E-state index in [1.54, 1.807) is 6.92 Å². The quantitative estimate of drug-likeness (QED) is 0.750. The van der Waals surface area contributed by atoms with Crippen LogP contribution in [-0.4, -0.2) is 90.6 Å². The first-order valence-electron chi connectivity index (χ1n) is 11.1. The first-order valence-corrected chi connectivity index (χ1v) is 11.1. The van der Waals surface area contributed by atoms with Crippen molar-refractivity contribution >= 4 is 11.8 Å². The SMILES string of the molecule is CC(=O)N1CCN([C@@H]2CCOC3(CCN(C(=O)COc4ccccc4)CC3)C2)CC1. The van der Waals surface area contributed by atoms with Crippen LogP contribution in [0.1, 0.15) is 32.6 Å². The molecule has 0 saturated carbocycles. The third-order valence-electron chi connectivity index (χ3n) is 6.88. The van der Waals surface area contributed by atoms with Crippen molar-refractivity contribution in [2.45, 2.75) is 44.2 Å².